The number of nitrogens with one attached hydrogen (secondary N) is 1. The first-order valence-electron chi connectivity index (χ1n) is 11.3. The summed E-state index contributed by atoms with van der Waals surface area (Å²) in [6, 6.07) is 18.0. The van der Waals surface area contributed by atoms with Gasteiger partial charge in [-0.15, -0.1) is 0 Å². The SMILES string of the molecule is Cn1c(CN2CCc3c(c(C(=O)NCc4ccccc4)nn3CCO)C2)nc2ccccc21. The molecule has 8 nitrogen and oxygen atoms in total. The first kappa shape index (κ1) is 21.4. The number of carbonyl (C=O) groups excluding carboxylic acids is 1. The summed E-state index contributed by atoms with van der Waals surface area (Å²) in [7, 11) is 2.04. The van der Waals surface area contributed by atoms with E-state index in [1.807, 2.05) is 55.6 Å². The van der Waals surface area contributed by atoms with Crippen LogP contribution in [0.25, 0.3) is 11.0 Å². The van der Waals surface area contributed by atoms with Crippen LogP contribution in [0, 0.1) is 0 Å². The molecule has 3 heterocycles. The molecule has 2 aromatic carbocycles. The molecule has 0 saturated carbocycles. The summed E-state index contributed by atoms with van der Waals surface area (Å²) in [6.45, 7) is 2.99. The highest BCUT2D eigenvalue weighted by atomic mass is 16.3. The summed E-state index contributed by atoms with van der Waals surface area (Å²) in [5, 5.41) is 17.1. The van der Waals surface area contributed by atoms with Crippen LogP contribution in [0.4, 0.5) is 0 Å². The maximum Gasteiger partial charge on any atom is 0.272 e. The summed E-state index contributed by atoms with van der Waals surface area (Å²) in [5.41, 5.74) is 5.57. The second kappa shape index (κ2) is 9.17. The molecule has 0 aliphatic carbocycles. The van der Waals surface area contributed by atoms with Crippen LogP contribution in [0.3, 0.4) is 0 Å². The van der Waals surface area contributed by atoms with E-state index < -0.39 is 0 Å². The van der Waals surface area contributed by atoms with E-state index in [1.165, 1.54) is 0 Å². The maximum atomic E-state index is 13.1. The van der Waals surface area contributed by atoms with Gasteiger partial charge in [-0.05, 0) is 17.7 Å². The number of fused-ring (bicyclic) bond motifs is 2. The Morgan fingerprint density at radius 2 is 1.91 bits per heavy atom. The van der Waals surface area contributed by atoms with Crippen LogP contribution in [-0.4, -0.2) is 48.4 Å². The van der Waals surface area contributed by atoms with Gasteiger partial charge in [-0.2, -0.15) is 5.10 Å². The topological polar surface area (TPSA) is 88.2 Å². The highest BCUT2D eigenvalue weighted by molar-refractivity contribution is 5.94. The van der Waals surface area contributed by atoms with Gasteiger partial charge in [0.05, 0.1) is 30.7 Å². The van der Waals surface area contributed by atoms with Crippen molar-refractivity contribution in [1.82, 2.24) is 29.5 Å². The Balaban J connectivity index is 1.37. The highest BCUT2D eigenvalue weighted by Gasteiger charge is 2.28. The number of aryl methyl sites for hydroxylation is 1. The number of nitrogens with zero attached hydrogens (tertiary/aromatic N) is 5. The van der Waals surface area contributed by atoms with Crippen LogP contribution in [0.15, 0.2) is 54.6 Å². The van der Waals surface area contributed by atoms with E-state index in [0.717, 1.165) is 46.6 Å². The van der Waals surface area contributed by atoms with Crippen molar-refractivity contribution < 1.29 is 9.90 Å². The molecule has 4 aromatic rings. The predicted octanol–water partition coefficient (Wildman–Crippen LogP) is 2.25. The molecule has 2 N–H and O–H groups in total. The third kappa shape index (κ3) is 4.27. The van der Waals surface area contributed by atoms with Gasteiger partial charge in [0.15, 0.2) is 5.69 Å². The Kier molecular flexibility index (Phi) is 5.93. The summed E-state index contributed by atoms with van der Waals surface area (Å²) in [6.07, 6.45) is 0.776. The number of hydrogen-bond donors (Lipinski definition) is 2. The lowest BCUT2D eigenvalue weighted by molar-refractivity contribution is 0.0942. The van der Waals surface area contributed by atoms with Crippen molar-refractivity contribution in [3.63, 3.8) is 0 Å². The van der Waals surface area contributed by atoms with Gasteiger partial charge < -0.3 is 15.0 Å². The zero-order valence-electron chi connectivity index (χ0n) is 18.7. The molecule has 0 bridgehead atoms. The van der Waals surface area contributed by atoms with Crippen molar-refractivity contribution in [1.29, 1.82) is 0 Å². The molecule has 1 amide bonds. The first-order chi connectivity index (χ1) is 16.1. The van der Waals surface area contributed by atoms with Crippen LogP contribution in [0.1, 0.15) is 33.1 Å². The van der Waals surface area contributed by atoms with Gasteiger partial charge >= 0.3 is 0 Å². The van der Waals surface area contributed by atoms with Crippen molar-refractivity contribution >= 4 is 16.9 Å². The molecule has 0 radical (unpaired) electrons. The molecule has 8 heteroatoms. The van der Waals surface area contributed by atoms with E-state index in [2.05, 4.69) is 25.9 Å². The number of hydrogen-bond acceptors (Lipinski definition) is 5. The lowest BCUT2D eigenvalue weighted by atomic mass is 10.0. The molecule has 0 saturated heterocycles. The summed E-state index contributed by atoms with van der Waals surface area (Å²) in [4.78, 5) is 20.2. The average molecular weight is 445 g/mol. The minimum atomic E-state index is -0.184. The lowest BCUT2D eigenvalue weighted by Crippen LogP contribution is -2.33. The van der Waals surface area contributed by atoms with Crippen molar-refractivity contribution in [3.8, 4) is 0 Å². The van der Waals surface area contributed by atoms with Crippen molar-refractivity contribution in [2.75, 3.05) is 13.2 Å². The minimum Gasteiger partial charge on any atom is -0.394 e. The molecular weight excluding hydrogens is 416 g/mol. The molecule has 0 unspecified atom stereocenters. The van der Waals surface area contributed by atoms with E-state index >= 15 is 0 Å². The van der Waals surface area contributed by atoms with Crippen LogP contribution < -0.4 is 5.32 Å². The van der Waals surface area contributed by atoms with Gasteiger partial charge in [-0.25, -0.2) is 4.98 Å². The van der Waals surface area contributed by atoms with Gasteiger partial charge in [0.2, 0.25) is 0 Å². The van der Waals surface area contributed by atoms with Gasteiger partial charge in [-0.1, -0.05) is 42.5 Å². The number of aliphatic hydroxyl groups is 1. The molecule has 5 rings (SSSR count). The number of aromatic nitrogens is 4. The molecule has 1 aliphatic rings. The fourth-order valence-electron chi connectivity index (χ4n) is 4.54. The Hall–Kier alpha value is -3.49. The van der Waals surface area contributed by atoms with Gasteiger partial charge in [0.25, 0.3) is 5.91 Å². The fourth-order valence-corrected chi connectivity index (χ4v) is 4.54. The number of carbonyl (C=O) groups is 1. The Morgan fingerprint density at radius 3 is 2.70 bits per heavy atom. The van der Waals surface area contributed by atoms with Gasteiger partial charge in [0.1, 0.15) is 5.82 Å². The number of para-hydroxylation sites is 2. The second-order valence-corrected chi connectivity index (χ2v) is 8.43. The Morgan fingerprint density at radius 1 is 1.12 bits per heavy atom. The molecular formula is C25H28N6O2. The molecule has 0 atom stereocenters. The predicted molar refractivity (Wildman–Crippen MR) is 125 cm³/mol. The second-order valence-electron chi connectivity index (χ2n) is 8.43. The van der Waals surface area contributed by atoms with E-state index in [9.17, 15) is 9.90 Å². The third-order valence-electron chi connectivity index (χ3n) is 6.28. The molecule has 0 spiro atoms. The quantitative estimate of drug-likeness (QED) is 0.457. The van der Waals surface area contributed by atoms with Gasteiger partial charge in [0, 0.05) is 44.4 Å². The van der Waals surface area contributed by atoms with Crippen LogP contribution in [-0.2, 0) is 39.6 Å². The number of imidazole rings is 1. The van der Waals surface area contributed by atoms with E-state index in [0.29, 0.717) is 31.9 Å². The molecule has 2 aromatic heterocycles. The minimum absolute atomic E-state index is 0.0111. The van der Waals surface area contributed by atoms with Crippen LogP contribution >= 0.6 is 0 Å². The van der Waals surface area contributed by atoms with Crippen LogP contribution in [0.2, 0.25) is 0 Å². The average Bonchev–Trinajstić information content (AvgIpc) is 3.36. The molecule has 33 heavy (non-hydrogen) atoms. The molecule has 170 valence electrons. The molecule has 1 aliphatic heterocycles. The van der Waals surface area contributed by atoms with E-state index in [4.69, 9.17) is 4.98 Å². The maximum absolute atomic E-state index is 13.1. The van der Waals surface area contributed by atoms with Crippen molar-refractivity contribution in [2.45, 2.75) is 32.6 Å². The zero-order chi connectivity index (χ0) is 22.8. The fraction of sp³-hybridized carbons (Fsp3) is 0.320. The van der Waals surface area contributed by atoms with Gasteiger partial charge in [-0.3, -0.25) is 14.4 Å². The molecule has 0 fully saturated rings. The normalized spacial score (nSPS) is 13.9. The van der Waals surface area contributed by atoms with Crippen molar-refractivity contribution in [3.05, 3.63) is 82.9 Å². The third-order valence-corrected chi connectivity index (χ3v) is 6.28. The Bertz CT molecular complexity index is 1280. The van der Waals surface area contributed by atoms with E-state index in [-0.39, 0.29) is 12.5 Å². The largest absolute Gasteiger partial charge is 0.394 e. The number of benzene rings is 2. The monoisotopic (exact) mass is 444 g/mol. The van der Waals surface area contributed by atoms with E-state index in [1.54, 1.807) is 4.68 Å². The Labute approximate surface area is 192 Å². The van der Waals surface area contributed by atoms with Crippen molar-refractivity contribution in [2.24, 2.45) is 7.05 Å². The summed E-state index contributed by atoms with van der Waals surface area (Å²) >= 11 is 0. The summed E-state index contributed by atoms with van der Waals surface area (Å²) in [5.74, 6) is 0.814. The number of rotatable bonds is 7. The van der Waals surface area contributed by atoms with Crippen LogP contribution in [0.5, 0.6) is 0 Å². The highest BCUT2D eigenvalue weighted by Crippen LogP contribution is 2.25. The summed E-state index contributed by atoms with van der Waals surface area (Å²) < 4.78 is 3.92. The zero-order valence-corrected chi connectivity index (χ0v) is 18.7. The number of aliphatic hydroxyl groups excluding tert-OH is 1. The smallest absolute Gasteiger partial charge is 0.272 e. The number of amides is 1. The first-order valence-corrected chi connectivity index (χ1v) is 11.3. The standard InChI is InChI=1S/C25H28N6O2/c1-29-22-10-6-5-9-20(22)27-23(29)17-30-12-11-21-19(16-30)24(28-31(21)13-14-32)25(33)26-15-18-7-3-2-4-8-18/h2-10,32H,11-17H2,1H3,(H,26,33). The lowest BCUT2D eigenvalue weighted by Gasteiger charge is -2.27.